The van der Waals surface area contributed by atoms with Crippen LogP contribution in [0.15, 0.2) is 36.8 Å². The fourth-order valence-corrected chi connectivity index (χ4v) is 4.69. The van der Waals surface area contributed by atoms with Gasteiger partial charge in [-0.25, -0.2) is 14.4 Å². The van der Waals surface area contributed by atoms with Crippen LogP contribution < -0.4 is 15.0 Å². The Morgan fingerprint density at radius 2 is 1.91 bits per heavy atom. The van der Waals surface area contributed by atoms with Crippen LogP contribution in [0.25, 0.3) is 16.6 Å². The van der Waals surface area contributed by atoms with E-state index in [1.165, 1.54) is 13.2 Å². The summed E-state index contributed by atoms with van der Waals surface area (Å²) in [6.07, 6.45) is 5.03. The summed E-state index contributed by atoms with van der Waals surface area (Å²) in [6, 6.07) is 5.86. The number of nitrogens with one attached hydrogen (secondary N) is 1. The van der Waals surface area contributed by atoms with Crippen molar-refractivity contribution in [3.05, 3.63) is 53.9 Å². The second-order valence-corrected chi connectivity index (χ2v) is 9.16. The van der Waals surface area contributed by atoms with Crippen molar-refractivity contribution < 1.29 is 13.9 Å². The van der Waals surface area contributed by atoms with Crippen molar-refractivity contribution in [2.24, 2.45) is 0 Å². The minimum absolute atomic E-state index is 0.171. The largest absolute Gasteiger partial charge is 0.467 e. The summed E-state index contributed by atoms with van der Waals surface area (Å²) < 4.78 is 21.3. The van der Waals surface area contributed by atoms with E-state index in [9.17, 15) is 9.18 Å². The van der Waals surface area contributed by atoms with Gasteiger partial charge in [0.25, 0.3) is 5.91 Å². The van der Waals surface area contributed by atoms with Gasteiger partial charge in [-0.2, -0.15) is 4.98 Å². The topological polar surface area (TPSA) is 87.9 Å². The first kappa shape index (κ1) is 23.0. The number of anilines is 2. The minimum atomic E-state index is -0.515. The minimum Gasteiger partial charge on any atom is -0.467 e. The number of benzene rings is 1. The predicted octanol–water partition coefficient (Wildman–Crippen LogP) is 3.51. The predicted molar refractivity (Wildman–Crippen MR) is 133 cm³/mol. The zero-order valence-electron chi connectivity index (χ0n) is 20.4. The third kappa shape index (κ3) is 4.14. The van der Waals surface area contributed by atoms with Gasteiger partial charge in [0.15, 0.2) is 11.5 Å². The molecule has 0 bridgehead atoms. The molecule has 5 rings (SSSR count). The quantitative estimate of drug-likeness (QED) is 0.481. The van der Waals surface area contributed by atoms with Crippen molar-refractivity contribution in [1.29, 1.82) is 0 Å². The number of pyridine rings is 1. The number of hydrogen-bond donors (Lipinski definition) is 1. The molecule has 10 heteroatoms. The molecule has 3 aromatic heterocycles. The summed E-state index contributed by atoms with van der Waals surface area (Å²) in [5.41, 5.74) is 3.01. The van der Waals surface area contributed by atoms with Gasteiger partial charge >= 0.3 is 6.01 Å². The van der Waals surface area contributed by atoms with E-state index in [4.69, 9.17) is 4.74 Å². The maximum Gasteiger partial charge on any atom is 0.316 e. The van der Waals surface area contributed by atoms with E-state index in [-0.39, 0.29) is 11.7 Å². The molecule has 4 aromatic rings. The average molecular weight is 478 g/mol. The summed E-state index contributed by atoms with van der Waals surface area (Å²) in [5, 5.41) is 3.56. The van der Waals surface area contributed by atoms with Gasteiger partial charge in [0.05, 0.1) is 29.6 Å². The van der Waals surface area contributed by atoms with Crippen LogP contribution in [0, 0.1) is 12.7 Å². The molecule has 0 radical (unpaired) electrons. The SMILES string of the molecule is COc1ncc2c(N3C[C@H](C)N(C)[C@@H](C)C3)ccc(C(=O)Nc3cc(F)c4nc(C)cn4c3)c2n1. The molecule has 1 saturated heterocycles. The lowest BCUT2D eigenvalue weighted by atomic mass is 10.0. The molecule has 2 atom stereocenters. The smallest absolute Gasteiger partial charge is 0.316 e. The number of hydrogen-bond acceptors (Lipinski definition) is 7. The summed E-state index contributed by atoms with van der Waals surface area (Å²) >= 11 is 0. The highest BCUT2D eigenvalue weighted by atomic mass is 19.1. The van der Waals surface area contributed by atoms with E-state index < -0.39 is 11.7 Å². The maximum absolute atomic E-state index is 14.5. The molecule has 9 nitrogen and oxygen atoms in total. The van der Waals surface area contributed by atoms with Crippen molar-refractivity contribution >= 4 is 33.8 Å². The third-order valence-electron chi connectivity index (χ3n) is 6.72. The number of fused-ring (bicyclic) bond motifs is 2. The standard InChI is InChI=1S/C25H28FN7O2/c1-14-10-33-13-17(8-20(26)23(33)28-14)29-24(34)18-6-7-21(19-9-27-25(35-5)30-22(18)19)32-11-15(2)31(4)16(3)12-32/h6-10,13,15-16H,11-12H2,1-5H3,(H,29,34)/t15-,16-/m0/s1. The van der Waals surface area contributed by atoms with Crippen LogP contribution in [0.5, 0.6) is 6.01 Å². The Morgan fingerprint density at radius 1 is 1.17 bits per heavy atom. The number of imidazole rings is 1. The summed E-state index contributed by atoms with van der Waals surface area (Å²) in [7, 11) is 3.62. The van der Waals surface area contributed by atoms with E-state index in [1.54, 1.807) is 36.0 Å². The van der Waals surface area contributed by atoms with Gasteiger partial charge in [0.1, 0.15) is 0 Å². The first-order valence-electron chi connectivity index (χ1n) is 11.5. The Hall–Kier alpha value is -3.79. The number of amides is 1. The number of carbonyl (C=O) groups is 1. The fraction of sp³-hybridized carbons (Fsp3) is 0.360. The normalized spacial score (nSPS) is 18.9. The van der Waals surface area contributed by atoms with Crippen LogP contribution in [0.1, 0.15) is 29.9 Å². The monoisotopic (exact) mass is 477 g/mol. The van der Waals surface area contributed by atoms with Gasteiger partial charge in [-0.1, -0.05) is 0 Å². The lowest BCUT2D eigenvalue weighted by molar-refractivity contribution is 0.102. The van der Waals surface area contributed by atoms with Crippen molar-refractivity contribution in [2.45, 2.75) is 32.9 Å². The summed E-state index contributed by atoms with van der Waals surface area (Å²) in [5.74, 6) is -0.920. The number of nitrogens with zero attached hydrogens (tertiary/aromatic N) is 6. The third-order valence-corrected chi connectivity index (χ3v) is 6.72. The summed E-state index contributed by atoms with van der Waals surface area (Å²) in [6.45, 7) is 7.87. The van der Waals surface area contributed by atoms with Crippen LogP contribution in [0.4, 0.5) is 15.8 Å². The first-order chi connectivity index (χ1) is 16.7. The molecule has 1 N–H and O–H groups in total. The molecular formula is C25H28FN7O2. The lowest BCUT2D eigenvalue weighted by Crippen LogP contribution is -2.55. The van der Waals surface area contributed by atoms with Crippen LogP contribution in [0.3, 0.4) is 0 Å². The number of ether oxygens (including phenoxy) is 1. The Bertz CT molecular complexity index is 1420. The van der Waals surface area contributed by atoms with Crippen molar-refractivity contribution in [2.75, 3.05) is 37.5 Å². The van der Waals surface area contributed by atoms with Crippen LogP contribution >= 0.6 is 0 Å². The maximum atomic E-state index is 14.5. The van der Waals surface area contributed by atoms with Crippen LogP contribution in [-0.2, 0) is 0 Å². The number of likely N-dealkylation sites (N-methyl/N-ethyl adjacent to an activating group) is 1. The molecule has 0 spiro atoms. The second kappa shape index (κ2) is 8.77. The number of aryl methyl sites for hydroxylation is 1. The lowest BCUT2D eigenvalue weighted by Gasteiger charge is -2.43. The van der Waals surface area contributed by atoms with Gasteiger partial charge in [-0.15, -0.1) is 0 Å². The molecule has 1 aliphatic rings. The summed E-state index contributed by atoms with van der Waals surface area (Å²) in [4.78, 5) is 31.0. The molecule has 1 fully saturated rings. The molecular weight excluding hydrogens is 449 g/mol. The number of carbonyl (C=O) groups excluding carboxylic acids is 1. The number of methoxy groups -OCH3 is 1. The highest BCUT2D eigenvalue weighted by molar-refractivity contribution is 6.13. The average Bonchev–Trinajstić information content (AvgIpc) is 3.21. The molecule has 1 amide bonds. The van der Waals surface area contributed by atoms with Gasteiger partial charge in [-0.05, 0) is 40.0 Å². The molecule has 182 valence electrons. The van der Waals surface area contributed by atoms with E-state index in [0.717, 1.165) is 24.2 Å². The molecule has 0 aliphatic carbocycles. The fourth-order valence-electron chi connectivity index (χ4n) is 4.69. The van der Waals surface area contributed by atoms with Gasteiger partial charge in [-0.3, -0.25) is 9.69 Å². The molecule has 1 aliphatic heterocycles. The van der Waals surface area contributed by atoms with E-state index in [2.05, 4.69) is 51.0 Å². The Morgan fingerprint density at radius 3 is 2.63 bits per heavy atom. The molecule has 0 unspecified atom stereocenters. The highest BCUT2D eigenvalue weighted by Gasteiger charge is 2.28. The number of halogens is 1. The van der Waals surface area contributed by atoms with E-state index in [0.29, 0.717) is 34.5 Å². The van der Waals surface area contributed by atoms with E-state index in [1.807, 2.05) is 6.07 Å². The van der Waals surface area contributed by atoms with Crippen molar-refractivity contribution in [1.82, 2.24) is 24.3 Å². The second-order valence-electron chi connectivity index (χ2n) is 9.16. The number of piperazine rings is 1. The van der Waals surface area contributed by atoms with Crippen molar-refractivity contribution in [3.63, 3.8) is 0 Å². The number of aromatic nitrogens is 4. The Kier molecular flexibility index (Phi) is 5.76. The number of rotatable bonds is 4. The molecule has 4 heterocycles. The van der Waals surface area contributed by atoms with Crippen LogP contribution in [-0.4, -0.2) is 69.5 Å². The van der Waals surface area contributed by atoms with Crippen molar-refractivity contribution in [3.8, 4) is 6.01 Å². The zero-order valence-corrected chi connectivity index (χ0v) is 20.4. The molecule has 0 saturated carbocycles. The highest BCUT2D eigenvalue weighted by Crippen LogP contribution is 2.32. The van der Waals surface area contributed by atoms with Gasteiger partial charge in [0.2, 0.25) is 0 Å². The Labute approximate surface area is 202 Å². The van der Waals surface area contributed by atoms with Crippen LogP contribution in [0.2, 0.25) is 0 Å². The Balaban J connectivity index is 1.54. The molecule has 35 heavy (non-hydrogen) atoms. The van der Waals surface area contributed by atoms with Gasteiger partial charge in [0, 0.05) is 60.9 Å². The van der Waals surface area contributed by atoms with E-state index >= 15 is 0 Å². The first-order valence-corrected chi connectivity index (χ1v) is 11.5. The molecule has 1 aromatic carbocycles. The zero-order chi connectivity index (χ0) is 24.9. The van der Waals surface area contributed by atoms with Gasteiger partial charge < -0.3 is 19.4 Å².